The molecule has 2 aromatic rings. The Bertz CT molecular complexity index is 603. The molecule has 0 radical (unpaired) electrons. The zero-order valence-corrected chi connectivity index (χ0v) is 13.0. The first-order valence-electron chi connectivity index (χ1n) is 6.42. The molecule has 19 heavy (non-hydrogen) atoms. The maximum Gasteiger partial charge on any atom is 0.313 e. The SMILES string of the molecule is CCCC(C(=O)OC)c1c(Br)n(C)c2ccccc12. The van der Waals surface area contributed by atoms with Crippen molar-refractivity contribution in [3.05, 3.63) is 34.4 Å². The fourth-order valence-electron chi connectivity index (χ4n) is 2.53. The van der Waals surface area contributed by atoms with Crippen molar-refractivity contribution in [1.29, 1.82) is 0 Å². The highest BCUT2D eigenvalue weighted by molar-refractivity contribution is 9.10. The summed E-state index contributed by atoms with van der Waals surface area (Å²) in [5.41, 5.74) is 2.15. The molecule has 4 heteroatoms. The monoisotopic (exact) mass is 323 g/mol. The van der Waals surface area contributed by atoms with Crippen molar-refractivity contribution < 1.29 is 9.53 Å². The fraction of sp³-hybridized carbons (Fsp3) is 0.400. The van der Waals surface area contributed by atoms with E-state index in [-0.39, 0.29) is 11.9 Å². The van der Waals surface area contributed by atoms with Gasteiger partial charge in [0.15, 0.2) is 0 Å². The van der Waals surface area contributed by atoms with Crippen molar-refractivity contribution in [2.24, 2.45) is 7.05 Å². The van der Waals surface area contributed by atoms with Crippen LogP contribution in [0.2, 0.25) is 0 Å². The Hall–Kier alpha value is -1.29. The second-order valence-electron chi connectivity index (χ2n) is 4.65. The molecule has 0 aliphatic carbocycles. The second-order valence-corrected chi connectivity index (χ2v) is 5.40. The minimum absolute atomic E-state index is 0.168. The molecule has 1 aromatic heterocycles. The Labute approximate surface area is 121 Å². The standard InChI is InChI=1S/C15H18BrNO2/c1-4-7-11(15(18)19-3)13-10-8-5-6-9-12(10)17(2)14(13)16/h5-6,8-9,11H,4,7H2,1-3H3. The van der Waals surface area contributed by atoms with Gasteiger partial charge in [-0.2, -0.15) is 0 Å². The van der Waals surface area contributed by atoms with Gasteiger partial charge in [-0.3, -0.25) is 4.79 Å². The number of aryl methyl sites for hydroxylation is 1. The van der Waals surface area contributed by atoms with Gasteiger partial charge in [0, 0.05) is 23.5 Å². The number of aromatic nitrogens is 1. The van der Waals surface area contributed by atoms with Crippen LogP contribution in [0.25, 0.3) is 10.9 Å². The first-order valence-corrected chi connectivity index (χ1v) is 7.21. The number of nitrogens with zero attached hydrogens (tertiary/aromatic N) is 1. The zero-order valence-electron chi connectivity index (χ0n) is 11.4. The summed E-state index contributed by atoms with van der Waals surface area (Å²) in [6.45, 7) is 2.08. The van der Waals surface area contributed by atoms with Crippen molar-refractivity contribution in [2.45, 2.75) is 25.7 Å². The van der Waals surface area contributed by atoms with E-state index in [4.69, 9.17) is 4.74 Å². The predicted molar refractivity (Wildman–Crippen MR) is 80.3 cm³/mol. The lowest BCUT2D eigenvalue weighted by atomic mass is 9.94. The molecule has 0 amide bonds. The van der Waals surface area contributed by atoms with Gasteiger partial charge < -0.3 is 9.30 Å². The molecule has 0 saturated carbocycles. The molecule has 0 saturated heterocycles. The molecule has 3 nitrogen and oxygen atoms in total. The van der Waals surface area contributed by atoms with Crippen LogP contribution in [0.15, 0.2) is 28.9 Å². The lowest BCUT2D eigenvalue weighted by Crippen LogP contribution is -2.14. The van der Waals surface area contributed by atoms with Crippen LogP contribution >= 0.6 is 15.9 Å². The number of fused-ring (bicyclic) bond motifs is 1. The van der Waals surface area contributed by atoms with Gasteiger partial charge >= 0.3 is 5.97 Å². The van der Waals surface area contributed by atoms with E-state index in [0.717, 1.165) is 33.9 Å². The van der Waals surface area contributed by atoms with Gasteiger partial charge in [0.2, 0.25) is 0 Å². The molecule has 0 aliphatic rings. The maximum atomic E-state index is 12.1. The van der Waals surface area contributed by atoms with Gasteiger partial charge in [-0.15, -0.1) is 0 Å². The van der Waals surface area contributed by atoms with Gasteiger partial charge in [0.05, 0.1) is 17.6 Å². The molecule has 1 aromatic carbocycles. The number of hydrogen-bond donors (Lipinski definition) is 0. The topological polar surface area (TPSA) is 31.2 Å². The summed E-state index contributed by atoms with van der Waals surface area (Å²) in [5, 5.41) is 1.11. The van der Waals surface area contributed by atoms with Crippen LogP contribution in [-0.2, 0) is 16.6 Å². The van der Waals surface area contributed by atoms with Crippen molar-refractivity contribution in [3.8, 4) is 0 Å². The average Bonchev–Trinajstić information content (AvgIpc) is 2.68. The molecular weight excluding hydrogens is 306 g/mol. The van der Waals surface area contributed by atoms with E-state index < -0.39 is 0 Å². The minimum Gasteiger partial charge on any atom is -0.469 e. The number of methoxy groups -OCH3 is 1. The van der Waals surface area contributed by atoms with Gasteiger partial charge in [0.25, 0.3) is 0 Å². The van der Waals surface area contributed by atoms with Gasteiger partial charge in [0.1, 0.15) is 0 Å². The molecule has 0 bridgehead atoms. The molecule has 0 fully saturated rings. The second kappa shape index (κ2) is 5.78. The number of halogens is 1. The normalized spacial score (nSPS) is 12.6. The van der Waals surface area contributed by atoms with Crippen LogP contribution < -0.4 is 0 Å². The summed E-state index contributed by atoms with van der Waals surface area (Å²) in [5.74, 6) is -0.380. The summed E-state index contributed by atoms with van der Waals surface area (Å²) in [6, 6.07) is 8.12. The van der Waals surface area contributed by atoms with Crippen LogP contribution in [0.3, 0.4) is 0 Å². The number of carbonyl (C=O) groups is 1. The first-order chi connectivity index (χ1) is 9.11. The van der Waals surface area contributed by atoms with E-state index in [9.17, 15) is 4.79 Å². The Morgan fingerprint density at radius 3 is 2.74 bits per heavy atom. The number of ether oxygens (including phenoxy) is 1. The van der Waals surface area contributed by atoms with Crippen molar-refractivity contribution in [2.75, 3.05) is 7.11 Å². The zero-order chi connectivity index (χ0) is 14.0. The summed E-state index contributed by atoms with van der Waals surface area (Å²) in [6.07, 6.45) is 1.73. The first kappa shape index (κ1) is 14.1. The molecule has 0 aliphatic heterocycles. The average molecular weight is 324 g/mol. The molecule has 0 spiro atoms. The largest absolute Gasteiger partial charge is 0.469 e. The quantitative estimate of drug-likeness (QED) is 0.796. The number of esters is 1. The van der Waals surface area contributed by atoms with E-state index >= 15 is 0 Å². The molecule has 2 rings (SSSR count). The third-order valence-electron chi connectivity index (χ3n) is 3.48. The Kier molecular flexibility index (Phi) is 4.30. The number of rotatable bonds is 4. The van der Waals surface area contributed by atoms with Gasteiger partial charge in [-0.05, 0) is 28.4 Å². The summed E-state index contributed by atoms with van der Waals surface area (Å²) < 4.78 is 7.99. The Balaban J connectivity index is 2.65. The highest BCUT2D eigenvalue weighted by Gasteiger charge is 2.27. The van der Waals surface area contributed by atoms with Crippen LogP contribution in [0.5, 0.6) is 0 Å². The lowest BCUT2D eigenvalue weighted by Gasteiger charge is -2.14. The third-order valence-corrected chi connectivity index (χ3v) is 4.44. The molecular formula is C15H18BrNO2. The van der Waals surface area contributed by atoms with E-state index in [2.05, 4.69) is 39.6 Å². The number of benzene rings is 1. The Morgan fingerprint density at radius 1 is 1.42 bits per heavy atom. The minimum atomic E-state index is -0.213. The van der Waals surface area contributed by atoms with Crippen LogP contribution in [0.1, 0.15) is 31.2 Å². The third kappa shape index (κ3) is 2.41. The molecule has 0 N–H and O–H groups in total. The lowest BCUT2D eigenvalue weighted by molar-refractivity contribution is -0.142. The van der Waals surface area contributed by atoms with Crippen LogP contribution in [-0.4, -0.2) is 17.6 Å². The van der Waals surface area contributed by atoms with Crippen molar-refractivity contribution >= 4 is 32.8 Å². The number of carbonyl (C=O) groups excluding carboxylic acids is 1. The maximum absolute atomic E-state index is 12.1. The molecule has 102 valence electrons. The van der Waals surface area contributed by atoms with E-state index in [1.54, 1.807) is 0 Å². The molecule has 1 atom stereocenters. The highest BCUT2D eigenvalue weighted by atomic mass is 79.9. The van der Waals surface area contributed by atoms with Crippen LogP contribution in [0.4, 0.5) is 0 Å². The van der Waals surface area contributed by atoms with E-state index in [1.807, 2.05) is 19.2 Å². The van der Waals surface area contributed by atoms with Gasteiger partial charge in [-0.1, -0.05) is 31.5 Å². The fourth-order valence-corrected chi connectivity index (χ4v) is 3.21. The smallest absolute Gasteiger partial charge is 0.313 e. The number of hydrogen-bond acceptors (Lipinski definition) is 2. The predicted octanol–water partition coefficient (Wildman–Crippen LogP) is 4.00. The number of para-hydroxylation sites is 1. The van der Waals surface area contributed by atoms with E-state index in [0.29, 0.717) is 0 Å². The molecule has 1 heterocycles. The van der Waals surface area contributed by atoms with Crippen molar-refractivity contribution in [1.82, 2.24) is 4.57 Å². The van der Waals surface area contributed by atoms with Crippen molar-refractivity contribution in [3.63, 3.8) is 0 Å². The molecule has 1 unspecified atom stereocenters. The van der Waals surface area contributed by atoms with Crippen LogP contribution in [0, 0.1) is 0 Å². The summed E-state index contributed by atoms with van der Waals surface area (Å²) in [7, 11) is 3.44. The van der Waals surface area contributed by atoms with E-state index in [1.165, 1.54) is 7.11 Å². The van der Waals surface area contributed by atoms with Gasteiger partial charge in [-0.25, -0.2) is 0 Å². The Morgan fingerprint density at radius 2 is 2.11 bits per heavy atom. The summed E-state index contributed by atoms with van der Waals surface area (Å²) >= 11 is 3.62. The summed E-state index contributed by atoms with van der Waals surface area (Å²) in [4.78, 5) is 12.1. The highest BCUT2D eigenvalue weighted by Crippen LogP contribution is 2.37.